The van der Waals surface area contributed by atoms with Crippen LogP contribution in [0.2, 0.25) is 0 Å². The van der Waals surface area contributed by atoms with E-state index < -0.39 is 11.0 Å². The fraction of sp³-hybridized carbons (Fsp3) is 0.486. The number of rotatable bonds is 8. The Labute approximate surface area is 240 Å². The molecule has 0 radical (unpaired) electrons. The predicted molar refractivity (Wildman–Crippen MR) is 171 cm³/mol. The van der Waals surface area contributed by atoms with Gasteiger partial charge in [0, 0.05) is 0 Å². The van der Waals surface area contributed by atoms with E-state index in [-0.39, 0.29) is 18.7 Å². The molecular formula is C35H46NOPS. The Morgan fingerprint density at radius 2 is 1.21 bits per heavy atom. The largest absolute Gasteiger partial charge is 0.242 e. The van der Waals surface area contributed by atoms with Crippen molar-refractivity contribution in [1.82, 2.24) is 4.72 Å². The molecule has 39 heavy (non-hydrogen) atoms. The molecule has 1 unspecified atom stereocenters. The van der Waals surface area contributed by atoms with Crippen molar-refractivity contribution in [3.8, 4) is 11.1 Å². The molecule has 2 fully saturated rings. The second kappa shape index (κ2) is 13.2. The molecule has 0 heterocycles. The average Bonchev–Trinajstić information content (AvgIpc) is 2.97. The van der Waals surface area contributed by atoms with Gasteiger partial charge in [-0.15, -0.1) is 0 Å². The van der Waals surface area contributed by atoms with E-state index in [1.54, 1.807) is 5.30 Å². The van der Waals surface area contributed by atoms with Crippen LogP contribution < -0.4 is 10.0 Å². The molecule has 0 amide bonds. The van der Waals surface area contributed by atoms with E-state index in [0.717, 1.165) is 11.3 Å². The van der Waals surface area contributed by atoms with E-state index in [2.05, 4.69) is 104 Å². The van der Waals surface area contributed by atoms with E-state index >= 15 is 0 Å². The molecule has 3 aromatic rings. The number of benzene rings is 3. The molecule has 0 spiro atoms. The summed E-state index contributed by atoms with van der Waals surface area (Å²) >= 11 is 0. The van der Waals surface area contributed by atoms with Crippen LogP contribution in [-0.2, 0) is 11.0 Å². The third-order valence-electron chi connectivity index (χ3n) is 8.59. The molecule has 2 aliphatic rings. The summed E-state index contributed by atoms with van der Waals surface area (Å²) in [6.07, 6.45) is 13.9. The third-order valence-corrected chi connectivity index (χ3v) is 13.7. The molecule has 0 aromatic heterocycles. The van der Waals surface area contributed by atoms with Gasteiger partial charge in [-0.3, -0.25) is 0 Å². The summed E-state index contributed by atoms with van der Waals surface area (Å²) in [5.74, 6) is 0. The summed E-state index contributed by atoms with van der Waals surface area (Å²) in [5.41, 5.74) is 6.64. The highest BCUT2D eigenvalue weighted by molar-refractivity contribution is 7.84. The van der Waals surface area contributed by atoms with Crippen LogP contribution in [0.15, 0.2) is 78.9 Å². The zero-order chi connectivity index (χ0) is 27.2. The molecule has 3 aromatic carbocycles. The van der Waals surface area contributed by atoms with Gasteiger partial charge in [-0.05, 0) is 85.3 Å². The molecule has 4 heteroatoms. The summed E-state index contributed by atoms with van der Waals surface area (Å²) in [6, 6.07) is 28.7. The van der Waals surface area contributed by atoms with Gasteiger partial charge < -0.3 is 0 Å². The van der Waals surface area contributed by atoms with Crippen molar-refractivity contribution in [2.24, 2.45) is 0 Å². The molecule has 2 saturated carbocycles. The monoisotopic (exact) mass is 559 g/mol. The van der Waals surface area contributed by atoms with Gasteiger partial charge >= 0.3 is 0 Å². The molecular weight excluding hydrogens is 513 g/mol. The molecule has 0 aliphatic heterocycles. The van der Waals surface area contributed by atoms with E-state index in [0.29, 0.717) is 0 Å². The number of hydrogen-bond donors (Lipinski definition) is 1. The van der Waals surface area contributed by atoms with Crippen molar-refractivity contribution >= 4 is 24.2 Å². The van der Waals surface area contributed by atoms with Gasteiger partial charge in [-0.25, -0.2) is 8.93 Å². The molecule has 0 bridgehead atoms. The maximum Gasteiger partial charge on any atom is 0.0979 e. The lowest BCUT2D eigenvalue weighted by atomic mass is 9.96. The molecule has 208 valence electrons. The Morgan fingerprint density at radius 3 is 1.77 bits per heavy atom. The lowest BCUT2D eigenvalue weighted by Gasteiger charge is -2.40. The van der Waals surface area contributed by atoms with Crippen LogP contribution in [-0.4, -0.2) is 20.3 Å². The zero-order valence-corrected chi connectivity index (χ0v) is 25.8. The fourth-order valence-electron chi connectivity index (χ4n) is 6.47. The van der Waals surface area contributed by atoms with Crippen molar-refractivity contribution in [3.05, 3.63) is 90.0 Å². The summed E-state index contributed by atoms with van der Waals surface area (Å²) in [4.78, 5) is 0. The van der Waals surface area contributed by atoms with Crippen molar-refractivity contribution in [2.45, 2.75) is 107 Å². The standard InChI is InChI=1S/C35H46NOPS/c1-35(2,3)39(37)36-34(29-25-23-28(24-26-29)27-15-7-4-8-16-27)32-21-13-14-22-33(32)38(30-17-9-5-10-18-30)31-19-11-6-12-20-31/h4,7-8,13-16,21-26,30-31,34,36H,5-6,9-12,17-20H2,1-3H3/t34-,39?/m0/s1. The average molecular weight is 560 g/mol. The Morgan fingerprint density at radius 1 is 0.692 bits per heavy atom. The van der Waals surface area contributed by atoms with Gasteiger partial charge in [0.2, 0.25) is 0 Å². The normalized spacial score (nSPS) is 19.2. The Kier molecular flexibility index (Phi) is 9.75. The molecule has 5 rings (SSSR count). The number of hydrogen-bond acceptors (Lipinski definition) is 1. The van der Waals surface area contributed by atoms with Crippen LogP contribution in [0.25, 0.3) is 11.1 Å². The van der Waals surface area contributed by atoms with E-state index in [4.69, 9.17) is 0 Å². The van der Waals surface area contributed by atoms with Crippen LogP contribution in [0.3, 0.4) is 0 Å². The predicted octanol–water partition coefficient (Wildman–Crippen LogP) is 9.27. The third kappa shape index (κ3) is 7.10. The second-order valence-electron chi connectivity index (χ2n) is 12.5. The minimum absolute atomic E-state index is 0.0942. The quantitative estimate of drug-likeness (QED) is 0.274. The lowest BCUT2D eigenvalue weighted by molar-refractivity contribution is 0.487. The SMILES string of the molecule is CC(C)(C)S(=O)N[C@@H](c1ccc(-c2ccccc2)cc1)c1ccccc1P(C1CCCCC1)C1CCCCC1. The minimum Gasteiger partial charge on any atom is -0.242 e. The Balaban J connectivity index is 1.57. The Bertz CT molecular complexity index is 1190. The molecule has 2 nitrogen and oxygen atoms in total. The smallest absolute Gasteiger partial charge is 0.0979 e. The van der Waals surface area contributed by atoms with Gasteiger partial charge in [-0.1, -0.05) is 125 Å². The molecule has 1 N–H and O–H groups in total. The van der Waals surface area contributed by atoms with Gasteiger partial charge in [0.15, 0.2) is 0 Å². The highest BCUT2D eigenvalue weighted by Crippen LogP contribution is 2.56. The van der Waals surface area contributed by atoms with Gasteiger partial charge in [0.1, 0.15) is 0 Å². The summed E-state index contributed by atoms with van der Waals surface area (Å²) in [6.45, 7) is 6.19. The molecule has 2 atom stereocenters. The van der Waals surface area contributed by atoms with Crippen molar-refractivity contribution in [3.63, 3.8) is 0 Å². The van der Waals surface area contributed by atoms with Crippen molar-refractivity contribution in [1.29, 1.82) is 0 Å². The van der Waals surface area contributed by atoms with Crippen LogP contribution in [0.5, 0.6) is 0 Å². The maximum atomic E-state index is 13.6. The first-order valence-corrected chi connectivity index (χ1v) is 17.8. The van der Waals surface area contributed by atoms with Gasteiger partial charge in [0.25, 0.3) is 0 Å². The summed E-state index contributed by atoms with van der Waals surface area (Å²) < 4.78 is 16.9. The van der Waals surface area contributed by atoms with E-state index in [9.17, 15) is 4.21 Å². The molecule has 0 saturated heterocycles. The molecule has 2 aliphatic carbocycles. The first kappa shape index (κ1) is 28.7. The van der Waals surface area contributed by atoms with E-state index in [1.807, 2.05) is 0 Å². The fourth-order valence-corrected chi connectivity index (χ4v) is 11.3. The van der Waals surface area contributed by atoms with Crippen molar-refractivity contribution in [2.75, 3.05) is 0 Å². The van der Waals surface area contributed by atoms with Gasteiger partial charge in [0.05, 0.1) is 21.8 Å². The van der Waals surface area contributed by atoms with Gasteiger partial charge in [-0.2, -0.15) is 0 Å². The Hall–Kier alpha value is -1.80. The summed E-state index contributed by atoms with van der Waals surface area (Å²) in [7, 11) is -1.45. The van der Waals surface area contributed by atoms with E-state index in [1.165, 1.54) is 86.5 Å². The van der Waals surface area contributed by atoms with Crippen LogP contribution in [0.1, 0.15) is 102 Å². The van der Waals surface area contributed by atoms with Crippen LogP contribution in [0.4, 0.5) is 0 Å². The maximum absolute atomic E-state index is 13.6. The first-order valence-electron chi connectivity index (χ1n) is 15.1. The minimum atomic E-state index is -1.18. The highest BCUT2D eigenvalue weighted by Gasteiger charge is 2.35. The first-order chi connectivity index (χ1) is 18.9. The summed E-state index contributed by atoms with van der Waals surface area (Å²) in [5, 5.41) is 1.57. The van der Waals surface area contributed by atoms with Crippen molar-refractivity contribution < 1.29 is 4.21 Å². The second-order valence-corrected chi connectivity index (χ2v) is 17.2. The van der Waals surface area contributed by atoms with Crippen LogP contribution >= 0.6 is 7.92 Å². The highest BCUT2D eigenvalue weighted by atomic mass is 32.2. The lowest BCUT2D eigenvalue weighted by Crippen LogP contribution is -2.38. The number of nitrogens with one attached hydrogen (secondary N) is 1. The zero-order valence-electron chi connectivity index (χ0n) is 24.1. The van der Waals surface area contributed by atoms with Crippen LogP contribution in [0, 0.1) is 0 Å². The topological polar surface area (TPSA) is 29.1 Å².